The number of nitrogens with zero attached hydrogens (tertiary/aromatic N) is 2. The Kier molecular flexibility index (Phi) is 7.04. The van der Waals surface area contributed by atoms with E-state index in [1.165, 1.54) is 11.0 Å². The van der Waals surface area contributed by atoms with Crippen molar-refractivity contribution in [3.05, 3.63) is 23.3 Å². The van der Waals surface area contributed by atoms with E-state index >= 15 is 0 Å². The quantitative estimate of drug-likeness (QED) is 0.429. The van der Waals surface area contributed by atoms with Gasteiger partial charge in [0.1, 0.15) is 22.9 Å². The predicted molar refractivity (Wildman–Crippen MR) is 94.1 cm³/mol. The lowest BCUT2D eigenvalue weighted by molar-refractivity contribution is -0.118. The monoisotopic (exact) mass is 375 g/mol. The third kappa shape index (κ3) is 5.38. The molecule has 0 saturated carbocycles. The summed E-state index contributed by atoms with van der Waals surface area (Å²) >= 11 is 5.42. The van der Waals surface area contributed by atoms with Gasteiger partial charge in [0.05, 0.1) is 0 Å². The number of hydrogen-bond acceptors (Lipinski definition) is 4. The Hall–Kier alpha value is -1.80. The molecule has 0 bridgehead atoms. The highest BCUT2D eigenvalue weighted by Crippen LogP contribution is 2.32. The lowest BCUT2D eigenvalue weighted by atomic mass is 10.00. The van der Waals surface area contributed by atoms with E-state index in [0.717, 1.165) is 6.34 Å². The Labute approximate surface area is 147 Å². The van der Waals surface area contributed by atoms with Crippen molar-refractivity contribution in [1.29, 1.82) is 0 Å². The summed E-state index contributed by atoms with van der Waals surface area (Å²) in [7, 11) is -0.799. The van der Waals surface area contributed by atoms with E-state index in [4.69, 9.17) is 11.6 Å². The van der Waals surface area contributed by atoms with E-state index in [1.54, 1.807) is 20.2 Å². The lowest BCUT2D eigenvalue weighted by Crippen LogP contribution is -2.24. The van der Waals surface area contributed by atoms with Gasteiger partial charge in [-0.15, -0.1) is 16.0 Å². The van der Waals surface area contributed by atoms with Gasteiger partial charge in [0, 0.05) is 26.2 Å². The molecule has 0 aliphatic rings. The maximum absolute atomic E-state index is 12.4. The van der Waals surface area contributed by atoms with Crippen molar-refractivity contribution in [1.82, 2.24) is 10.2 Å². The zero-order valence-electron chi connectivity index (χ0n) is 14.1. The van der Waals surface area contributed by atoms with Crippen LogP contribution in [-0.4, -0.2) is 50.6 Å². The highest BCUT2D eigenvalue weighted by atomic mass is 35.5. The fraction of sp³-hybridized carbons (Fsp3) is 0.467. The van der Waals surface area contributed by atoms with Crippen molar-refractivity contribution in [3.8, 4) is 5.75 Å². The Morgan fingerprint density at radius 2 is 2.04 bits per heavy atom. The fourth-order valence-corrected chi connectivity index (χ4v) is 2.99. The topological polar surface area (TPSA) is 99.1 Å². The van der Waals surface area contributed by atoms with E-state index < -0.39 is 21.7 Å². The molecule has 134 valence electrons. The number of amides is 1. The van der Waals surface area contributed by atoms with Crippen molar-refractivity contribution in [3.63, 3.8) is 0 Å². The number of rotatable bonds is 7. The second-order valence-corrected chi connectivity index (χ2v) is 7.62. The maximum atomic E-state index is 12.4. The van der Waals surface area contributed by atoms with Crippen LogP contribution in [0.3, 0.4) is 0 Å². The summed E-state index contributed by atoms with van der Waals surface area (Å²) in [4.78, 5) is 12.5. The number of halogens is 1. The summed E-state index contributed by atoms with van der Waals surface area (Å²) in [6.45, 7) is 3.76. The average Bonchev–Trinajstić information content (AvgIpc) is 2.51. The van der Waals surface area contributed by atoms with Crippen LogP contribution in [0.25, 0.3) is 0 Å². The third-order valence-electron chi connectivity index (χ3n) is 3.14. The highest BCUT2D eigenvalue weighted by Gasteiger charge is 2.22. The van der Waals surface area contributed by atoms with Crippen molar-refractivity contribution in [2.45, 2.75) is 31.2 Å². The molecule has 0 unspecified atom stereocenters. The van der Waals surface area contributed by atoms with E-state index in [-0.39, 0.29) is 23.2 Å². The van der Waals surface area contributed by atoms with Gasteiger partial charge in [0.2, 0.25) is 5.91 Å². The first-order valence-electron chi connectivity index (χ1n) is 7.23. The first kappa shape index (κ1) is 20.2. The third-order valence-corrected chi connectivity index (χ3v) is 4.62. The minimum absolute atomic E-state index is 0.0276. The van der Waals surface area contributed by atoms with Gasteiger partial charge in [-0.05, 0) is 23.6 Å². The van der Waals surface area contributed by atoms with Crippen LogP contribution in [0.15, 0.2) is 21.4 Å². The lowest BCUT2D eigenvalue weighted by Gasteiger charge is -2.14. The van der Waals surface area contributed by atoms with Gasteiger partial charge in [0.15, 0.2) is 0 Å². The van der Waals surface area contributed by atoms with Crippen LogP contribution in [0.5, 0.6) is 5.75 Å². The summed E-state index contributed by atoms with van der Waals surface area (Å²) in [5, 5.41) is 12.8. The minimum Gasteiger partial charge on any atom is -0.506 e. The van der Waals surface area contributed by atoms with Gasteiger partial charge < -0.3 is 15.3 Å². The molecule has 0 fully saturated rings. The highest BCUT2D eigenvalue weighted by molar-refractivity contribution is 7.90. The van der Waals surface area contributed by atoms with Crippen LogP contribution in [0.2, 0.25) is 0 Å². The number of phenolic OH excluding ortho intramolecular Hbond substituents is 1. The van der Waals surface area contributed by atoms with E-state index in [9.17, 15) is 18.3 Å². The second kappa shape index (κ2) is 8.34. The molecule has 0 heterocycles. The predicted octanol–water partition coefficient (Wildman–Crippen LogP) is 1.65. The van der Waals surface area contributed by atoms with Crippen LogP contribution in [0.4, 0.5) is 0 Å². The molecule has 1 aromatic rings. The molecule has 9 heteroatoms. The number of carbonyl (C=O) groups excluding carboxylic acids is 1. The van der Waals surface area contributed by atoms with E-state index in [1.807, 2.05) is 13.8 Å². The molecule has 1 aromatic carbocycles. The molecule has 2 N–H and O–H groups in total. The second-order valence-electron chi connectivity index (χ2n) is 5.75. The Balaban J connectivity index is 3.38. The Morgan fingerprint density at radius 3 is 2.54 bits per heavy atom. The normalized spacial score (nSPS) is 11.9. The average molecular weight is 376 g/mol. The summed E-state index contributed by atoms with van der Waals surface area (Å²) in [6.07, 6.45) is 1.14. The number of aromatic hydroxyl groups is 1. The van der Waals surface area contributed by atoms with Gasteiger partial charge in [-0.25, -0.2) is 0 Å². The Morgan fingerprint density at radius 1 is 1.42 bits per heavy atom. The molecule has 0 aliphatic carbocycles. The van der Waals surface area contributed by atoms with Gasteiger partial charge in [-0.1, -0.05) is 13.8 Å². The zero-order chi connectivity index (χ0) is 18.5. The molecule has 1 rings (SSSR count). The van der Waals surface area contributed by atoms with Gasteiger partial charge in [-0.3, -0.25) is 4.79 Å². The van der Waals surface area contributed by atoms with Crippen LogP contribution in [-0.2, 0) is 21.4 Å². The standard InChI is InChI=1S/C15H22ClN3O4S/c1-10(2)11-5-12(8-17-14(20)7-16)15(21)13(6-11)24(22,23)18-9-19(3)4/h5-6,9-10,21H,7-8H2,1-4H3,(H,17,20)/b18-9+. The van der Waals surface area contributed by atoms with Crippen LogP contribution in [0.1, 0.15) is 30.9 Å². The molecular formula is C15H22ClN3O4S. The molecule has 0 radical (unpaired) electrons. The fourth-order valence-electron chi connectivity index (χ4n) is 1.81. The maximum Gasteiger partial charge on any atom is 0.287 e. The summed E-state index contributed by atoms with van der Waals surface area (Å²) in [6, 6.07) is 3.05. The molecule has 0 spiro atoms. The Bertz CT molecular complexity index is 730. The zero-order valence-corrected chi connectivity index (χ0v) is 15.6. The van der Waals surface area contributed by atoms with Gasteiger partial charge in [0.25, 0.3) is 10.0 Å². The number of carbonyl (C=O) groups is 1. The number of sulfonamides is 1. The largest absolute Gasteiger partial charge is 0.506 e. The molecule has 0 saturated heterocycles. The van der Waals surface area contributed by atoms with Crippen molar-refractivity contribution in [2.75, 3.05) is 20.0 Å². The molecule has 1 amide bonds. The van der Waals surface area contributed by atoms with E-state index in [0.29, 0.717) is 11.1 Å². The van der Waals surface area contributed by atoms with Crippen LogP contribution < -0.4 is 5.32 Å². The van der Waals surface area contributed by atoms with Crippen LogP contribution in [0, 0.1) is 0 Å². The van der Waals surface area contributed by atoms with Crippen molar-refractivity contribution >= 4 is 33.9 Å². The van der Waals surface area contributed by atoms with Crippen LogP contribution >= 0.6 is 11.6 Å². The number of benzene rings is 1. The molecule has 0 aromatic heterocycles. The number of phenols is 1. The number of hydrogen-bond donors (Lipinski definition) is 2. The van der Waals surface area contributed by atoms with Gasteiger partial charge in [-0.2, -0.15) is 8.42 Å². The molecule has 0 atom stereocenters. The first-order chi connectivity index (χ1) is 11.1. The molecule has 7 nitrogen and oxygen atoms in total. The number of nitrogens with one attached hydrogen (secondary N) is 1. The first-order valence-corrected chi connectivity index (χ1v) is 9.21. The van der Waals surface area contributed by atoms with Crippen molar-refractivity contribution in [2.24, 2.45) is 4.40 Å². The van der Waals surface area contributed by atoms with E-state index in [2.05, 4.69) is 9.71 Å². The summed E-state index contributed by atoms with van der Waals surface area (Å²) in [5.74, 6) is -1.03. The molecular weight excluding hydrogens is 354 g/mol. The molecule has 0 aliphatic heterocycles. The minimum atomic E-state index is -4.07. The summed E-state index contributed by atoms with van der Waals surface area (Å²) in [5.41, 5.74) is 1.000. The SMILES string of the molecule is CC(C)c1cc(CNC(=O)CCl)c(O)c(S(=O)(=O)/N=C/N(C)C)c1. The molecule has 24 heavy (non-hydrogen) atoms. The summed E-state index contributed by atoms with van der Waals surface area (Å²) < 4.78 is 28.3. The number of alkyl halides is 1. The smallest absolute Gasteiger partial charge is 0.287 e. The van der Waals surface area contributed by atoms with Crippen molar-refractivity contribution < 1.29 is 18.3 Å². The van der Waals surface area contributed by atoms with Gasteiger partial charge >= 0.3 is 0 Å².